The molecule has 1 saturated heterocycles. The van der Waals surface area contributed by atoms with E-state index >= 15 is 0 Å². The molecule has 21 heteroatoms. The smallest absolute Gasteiger partial charge is 0.337 e. The minimum absolute atomic E-state index is 0.762. The van der Waals surface area contributed by atoms with Gasteiger partial charge in [0, 0.05) is 6.54 Å². The molecule has 0 spiro atoms. The van der Waals surface area contributed by atoms with E-state index in [2.05, 4.69) is 0 Å². The maximum atomic E-state index is 13.9. The Bertz CT molecular complexity index is 802. The lowest BCUT2D eigenvalue weighted by Gasteiger charge is -2.44. The highest BCUT2D eigenvalue weighted by Crippen LogP contribution is 2.64. The van der Waals surface area contributed by atoms with Gasteiger partial charge in [-0.25, -0.2) is 4.79 Å². The molecule has 0 saturated carbocycles. The van der Waals surface area contributed by atoms with Crippen molar-refractivity contribution in [1.29, 1.82) is 0 Å². The monoisotopic (exact) mass is 532 g/mol. The lowest BCUT2D eigenvalue weighted by atomic mass is 9.84. The quantitative estimate of drug-likeness (QED) is 0.477. The second kappa shape index (κ2) is 7.37. The number of halogens is 17. The van der Waals surface area contributed by atoms with E-state index in [-0.39, 0.29) is 0 Å². The molecule has 1 rings (SSSR count). The van der Waals surface area contributed by atoms with Crippen molar-refractivity contribution >= 4 is 11.9 Å². The van der Waals surface area contributed by atoms with Crippen LogP contribution in [0.2, 0.25) is 0 Å². The fraction of sp³-hybridized carbons (Fsp3) is 0.833. The molecule has 1 atom stereocenters. The Kier molecular flexibility index (Phi) is 6.43. The third-order valence-electron chi connectivity index (χ3n) is 4.20. The summed E-state index contributed by atoms with van der Waals surface area (Å²) in [7, 11) is 0. The normalized spacial score (nSPS) is 20.5. The number of carbonyl (C=O) groups is 2. The first-order chi connectivity index (χ1) is 14.2. The van der Waals surface area contributed by atoms with Crippen molar-refractivity contribution in [3.8, 4) is 0 Å². The molecule has 194 valence electrons. The number of amides is 3. The SMILES string of the molecule is O=C1NCC(C(F)(F)C(F)(F)C(F)(F)C(F)(F)C(F)(F)C(F)(F)C(F)(F)C(F)(F)F)C(=O)N1. The Balaban J connectivity index is 3.63. The summed E-state index contributed by atoms with van der Waals surface area (Å²) >= 11 is 0. The van der Waals surface area contributed by atoms with Gasteiger partial charge in [-0.05, 0) is 0 Å². The molecule has 2 N–H and O–H groups in total. The van der Waals surface area contributed by atoms with Crippen LogP contribution in [0, 0.1) is 5.92 Å². The average Bonchev–Trinajstić information content (AvgIpc) is 2.59. The summed E-state index contributed by atoms with van der Waals surface area (Å²) in [5.41, 5.74) is 0. The van der Waals surface area contributed by atoms with E-state index in [9.17, 15) is 84.2 Å². The van der Waals surface area contributed by atoms with E-state index in [4.69, 9.17) is 0 Å². The van der Waals surface area contributed by atoms with Crippen LogP contribution in [0.3, 0.4) is 0 Å². The second-order valence-corrected chi connectivity index (χ2v) is 6.32. The van der Waals surface area contributed by atoms with Gasteiger partial charge in [-0.1, -0.05) is 0 Å². The minimum Gasteiger partial charge on any atom is -0.337 e. The first-order valence-corrected chi connectivity index (χ1v) is 7.46. The summed E-state index contributed by atoms with van der Waals surface area (Å²) < 4.78 is 223. The van der Waals surface area contributed by atoms with Crippen LogP contribution in [0.1, 0.15) is 0 Å². The van der Waals surface area contributed by atoms with Crippen molar-refractivity contribution in [2.24, 2.45) is 5.92 Å². The van der Waals surface area contributed by atoms with Gasteiger partial charge in [-0.3, -0.25) is 10.1 Å². The Morgan fingerprint density at radius 1 is 0.545 bits per heavy atom. The first-order valence-electron chi connectivity index (χ1n) is 7.46. The van der Waals surface area contributed by atoms with Crippen LogP contribution in [0.25, 0.3) is 0 Å². The number of hydrogen-bond donors (Lipinski definition) is 2. The fourth-order valence-corrected chi connectivity index (χ4v) is 2.22. The second-order valence-electron chi connectivity index (χ2n) is 6.32. The molecule has 0 bridgehead atoms. The van der Waals surface area contributed by atoms with Crippen LogP contribution in [0.5, 0.6) is 0 Å². The highest BCUT2D eigenvalue weighted by Gasteiger charge is 2.95. The number of nitrogens with one attached hydrogen (secondary N) is 2. The van der Waals surface area contributed by atoms with Crippen LogP contribution in [-0.2, 0) is 4.79 Å². The van der Waals surface area contributed by atoms with E-state index < -0.39 is 72.0 Å². The zero-order chi connectivity index (χ0) is 26.9. The minimum atomic E-state index is -8.74. The van der Waals surface area contributed by atoms with Crippen LogP contribution in [-0.4, -0.2) is 66.1 Å². The molecule has 0 aromatic rings. The molecule has 1 unspecified atom stereocenters. The standard InChI is InChI=1S/C12H5F17N2O2/c13-5(14,2-1-30-4(33)31-3(2)32)6(15,16)7(17,18)8(19,20)9(21,22)10(23,24)11(25,26)12(27,28)29/h2H,1H2,(H2,30,31,32,33). The van der Waals surface area contributed by atoms with Gasteiger partial charge >= 0.3 is 53.7 Å². The Morgan fingerprint density at radius 2 is 0.879 bits per heavy atom. The third kappa shape index (κ3) is 3.60. The molecule has 0 aromatic carbocycles. The van der Waals surface area contributed by atoms with Gasteiger partial charge in [-0.2, -0.15) is 74.6 Å². The number of urea groups is 1. The molecule has 0 aliphatic carbocycles. The average molecular weight is 532 g/mol. The van der Waals surface area contributed by atoms with E-state index in [0.717, 1.165) is 10.6 Å². The summed E-state index contributed by atoms with van der Waals surface area (Å²) in [6.45, 7) is -2.03. The predicted octanol–water partition coefficient (Wildman–Crippen LogP) is 4.45. The molecule has 33 heavy (non-hydrogen) atoms. The van der Waals surface area contributed by atoms with Crippen molar-refractivity contribution < 1.29 is 84.2 Å². The summed E-state index contributed by atoms with van der Waals surface area (Å²) in [5, 5.41) is 1.87. The summed E-state index contributed by atoms with van der Waals surface area (Å²) in [4.78, 5) is 21.8. The van der Waals surface area contributed by atoms with Crippen LogP contribution >= 0.6 is 0 Å². The van der Waals surface area contributed by atoms with Crippen molar-refractivity contribution in [1.82, 2.24) is 10.6 Å². The van der Waals surface area contributed by atoms with E-state index in [0.29, 0.717) is 0 Å². The van der Waals surface area contributed by atoms with Crippen molar-refractivity contribution in [3.05, 3.63) is 0 Å². The Hall–Kier alpha value is -2.25. The molecule has 4 nitrogen and oxygen atoms in total. The molecule has 1 aliphatic heterocycles. The van der Waals surface area contributed by atoms with Gasteiger partial charge in [0.25, 0.3) is 0 Å². The molecule has 1 aliphatic rings. The fourth-order valence-electron chi connectivity index (χ4n) is 2.22. The van der Waals surface area contributed by atoms with Gasteiger partial charge in [0.05, 0.1) is 0 Å². The molecule has 3 amide bonds. The number of alkyl halides is 17. The highest BCUT2D eigenvalue weighted by atomic mass is 19.4. The number of imide groups is 1. The van der Waals surface area contributed by atoms with Crippen molar-refractivity contribution in [2.75, 3.05) is 6.54 Å². The van der Waals surface area contributed by atoms with E-state index in [1.807, 2.05) is 0 Å². The largest absolute Gasteiger partial charge is 0.460 e. The predicted molar refractivity (Wildman–Crippen MR) is 65.7 cm³/mol. The van der Waals surface area contributed by atoms with Gasteiger partial charge in [0.15, 0.2) is 0 Å². The van der Waals surface area contributed by atoms with Gasteiger partial charge < -0.3 is 5.32 Å². The van der Waals surface area contributed by atoms with Crippen LogP contribution in [0.15, 0.2) is 0 Å². The topological polar surface area (TPSA) is 58.2 Å². The van der Waals surface area contributed by atoms with Crippen LogP contribution < -0.4 is 10.6 Å². The Labute approximate surface area is 168 Å². The molecular weight excluding hydrogens is 527 g/mol. The van der Waals surface area contributed by atoms with Gasteiger partial charge in [-0.15, -0.1) is 0 Å². The number of hydrogen-bond acceptors (Lipinski definition) is 2. The van der Waals surface area contributed by atoms with Gasteiger partial charge in [0.2, 0.25) is 5.91 Å². The van der Waals surface area contributed by atoms with Crippen LogP contribution in [0.4, 0.5) is 79.4 Å². The number of carbonyl (C=O) groups excluding carboxylic acids is 2. The maximum Gasteiger partial charge on any atom is 0.460 e. The molecular formula is C12H5F17N2O2. The van der Waals surface area contributed by atoms with Crippen molar-refractivity contribution in [2.45, 2.75) is 47.6 Å². The molecule has 0 radical (unpaired) electrons. The summed E-state index contributed by atoms with van der Waals surface area (Å²) in [6.07, 6.45) is -7.84. The zero-order valence-electron chi connectivity index (χ0n) is 14.5. The third-order valence-corrected chi connectivity index (χ3v) is 4.20. The van der Waals surface area contributed by atoms with Crippen molar-refractivity contribution in [3.63, 3.8) is 0 Å². The van der Waals surface area contributed by atoms with Gasteiger partial charge in [0.1, 0.15) is 5.92 Å². The molecule has 1 heterocycles. The lowest BCUT2D eigenvalue weighted by Crippen LogP contribution is -2.75. The highest BCUT2D eigenvalue weighted by molar-refractivity contribution is 5.98. The van der Waals surface area contributed by atoms with E-state index in [1.165, 1.54) is 0 Å². The maximum absolute atomic E-state index is 13.9. The first kappa shape index (κ1) is 28.8. The lowest BCUT2D eigenvalue weighted by molar-refractivity contribution is -0.462. The zero-order valence-corrected chi connectivity index (χ0v) is 14.5. The Morgan fingerprint density at radius 3 is 1.21 bits per heavy atom. The molecule has 1 fully saturated rings. The van der Waals surface area contributed by atoms with E-state index in [1.54, 1.807) is 0 Å². The molecule has 0 aromatic heterocycles. The summed E-state index contributed by atoms with van der Waals surface area (Å²) in [5.74, 6) is -64.2. The number of rotatable bonds is 7. The summed E-state index contributed by atoms with van der Waals surface area (Å²) in [6, 6.07) is -1.71.